The Morgan fingerprint density at radius 3 is 2.93 bits per heavy atom. The fourth-order valence-electron chi connectivity index (χ4n) is 0.943. The highest BCUT2D eigenvalue weighted by molar-refractivity contribution is 9.10. The molecular weight excluding hydrogens is 246 g/mol. The van der Waals surface area contributed by atoms with Gasteiger partial charge in [-0.1, -0.05) is 15.9 Å². The minimum absolute atomic E-state index is 0.0190. The van der Waals surface area contributed by atoms with E-state index in [0.29, 0.717) is 11.3 Å². The van der Waals surface area contributed by atoms with Crippen molar-refractivity contribution in [2.24, 2.45) is 5.73 Å². The first-order valence-electron chi connectivity index (χ1n) is 3.85. The Morgan fingerprint density at radius 2 is 2.36 bits per heavy atom. The number of carbonyl (C=O) groups is 1. The van der Waals surface area contributed by atoms with Crippen molar-refractivity contribution in [3.63, 3.8) is 0 Å². The van der Waals surface area contributed by atoms with E-state index in [9.17, 15) is 4.79 Å². The first-order valence-corrected chi connectivity index (χ1v) is 4.64. The summed E-state index contributed by atoms with van der Waals surface area (Å²) >= 11 is 3.27. The highest BCUT2D eigenvalue weighted by Crippen LogP contribution is 2.20. The molecule has 0 aliphatic rings. The lowest BCUT2D eigenvalue weighted by atomic mass is 10.2. The summed E-state index contributed by atoms with van der Waals surface area (Å²) in [5, 5.41) is 11.5. The number of hydrogen-bond donors (Lipinski definition) is 2. The fraction of sp³-hybridized carbons (Fsp3) is 0.111. The van der Waals surface area contributed by atoms with Crippen LogP contribution in [-0.4, -0.2) is 12.5 Å². The highest BCUT2D eigenvalue weighted by atomic mass is 79.9. The third kappa shape index (κ3) is 2.75. The number of primary amides is 1. The number of amides is 1. The van der Waals surface area contributed by atoms with Crippen molar-refractivity contribution >= 4 is 27.5 Å². The molecule has 0 unspecified atom stereocenters. The van der Waals surface area contributed by atoms with Crippen LogP contribution in [0.4, 0.5) is 5.69 Å². The van der Waals surface area contributed by atoms with Crippen LogP contribution < -0.4 is 11.1 Å². The topological polar surface area (TPSA) is 78.9 Å². The number of nitrogens with zero attached hydrogens (tertiary/aromatic N) is 1. The minimum atomic E-state index is -0.464. The van der Waals surface area contributed by atoms with E-state index in [-0.39, 0.29) is 6.54 Å². The molecule has 1 amide bonds. The minimum Gasteiger partial charge on any atom is -0.375 e. The molecule has 0 aliphatic carbocycles. The maximum absolute atomic E-state index is 10.5. The Morgan fingerprint density at radius 1 is 1.64 bits per heavy atom. The van der Waals surface area contributed by atoms with Crippen LogP contribution in [0.1, 0.15) is 5.56 Å². The fourth-order valence-corrected chi connectivity index (χ4v) is 1.30. The zero-order valence-electron chi connectivity index (χ0n) is 7.25. The predicted molar refractivity (Wildman–Crippen MR) is 56.5 cm³/mol. The molecule has 1 aromatic rings. The van der Waals surface area contributed by atoms with E-state index in [1.807, 2.05) is 6.07 Å². The largest absolute Gasteiger partial charge is 0.375 e. The first-order chi connectivity index (χ1) is 6.63. The Hall–Kier alpha value is -1.54. The molecule has 1 rings (SSSR count). The molecule has 14 heavy (non-hydrogen) atoms. The lowest BCUT2D eigenvalue weighted by Gasteiger charge is -2.05. The summed E-state index contributed by atoms with van der Waals surface area (Å²) in [6.07, 6.45) is 0. The van der Waals surface area contributed by atoms with Gasteiger partial charge in [0.05, 0.1) is 17.8 Å². The quantitative estimate of drug-likeness (QED) is 0.851. The maximum Gasteiger partial charge on any atom is 0.236 e. The monoisotopic (exact) mass is 253 g/mol. The Bertz CT molecular complexity index is 398. The molecule has 0 radical (unpaired) electrons. The summed E-state index contributed by atoms with van der Waals surface area (Å²) in [6.45, 7) is 0.0190. The van der Waals surface area contributed by atoms with Gasteiger partial charge in [-0.15, -0.1) is 0 Å². The zero-order chi connectivity index (χ0) is 10.6. The van der Waals surface area contributed by atoms with Gasteiger partial charge in [0.1, 0.15) is 6.07 Å². The van der Waals surface area contributed by atoms with Crippen LogP contribution in [0.5, 0.6) is 0 Å². The number of anilines is 1. The molecular formula is C9H8BrN3O. The first kappa shape index (κ1) is 10.5. The Balaban J connectivity index is 2.89. The predicted octanol–water partition coefficient (Wildman–Crippen LogP) is 1.22. The third-order valence-corrected chi connectivity index (χ3v) is 2.05. The molecule has 0 atom stereocenters. The molecule has 72 valence electrons. The molecule has 0 heterocycles. The van der Waals surface area contributed by atoms with Gasteiger partial charge in [-0.25, -0.2) is 0 Å². The molecule has 4 nitrogen and oxygen atoms in total. The number of hydrogen-bond acceptors (Lipinski definition) is 3. The lowest BCUT2D eigenvalue weighted by Crippen LogP contribution is -2.22. The second kappa shape index (κ2) is 4.63. The molecule has 0 aromatic heterocycles. The van der Waals surface area contributed by atoms with E-state index in [1.54, 1.807) is 18.2 Å². The number of nitriles is 1. The Labute approximate surface area is 89.8 Å². The van der Waals surface area contributed by atoms with E-state index in [2.05, 4.69) is 21.2 Å². The van der Waals surface area contributed by atoms with Crippen LogP contribution in [-0.2, 0) is 4.79 Å². The molecule has 0 aliphatic heterocycles. The van der Waals surface area contributed by atoms with Crippen LogP contribution in [0.25, 0.3) is 0 Å². The molecule has 1 aromatic carbocycles. The molecule has 0 saturated carbocycles. The summed E-state index contributed by atoms with van der Waals surface area (Å²) in [4.78, 5) is 10.5. The van der Waals surface area contributed by atoms with E-state index in [0.717, 1.165) is 4.47 Å². The number of rotatable bonds is 3. The van der Waals surface area contributed by atoms with Gasteiger partial charge in [0.15, 0.2) is 0 Å². The zero-order valence-corrected chi connectivity index (χ0v) is 8.84. The van der Waals surface area contributed by atoms with Crippen molar-refractivity contribution in [1.82, 2.24) is 0 Å². The van der Waals surface area contributed by atoms with Crippen molar-refractivity contribution in [2.45, 2.75) is 0 Å². The van der Waals surface area contributed by atoms with E-state index in [4.69, 9.17) is 11.0 Å². The standard InChI is InChI=1S/C9H8BrN3O/c10-7-2-1-6(4-11)8(3-7)13-5-9(12)14/h1-3,13H,5H2,(H2,12,14). The van der Waals surface area contributed by atoms with Crippen LogP contribution in [0.2, 0.25) is 0 Å². The summed E-state index contributed by atoms with van der Waals surface area (Å²) in [6, 6.07) is 7.15. The number of nitrogens with two attached hydrogens (primary N) is 1. The van der Waals surface area contributed by atoms with Gasteiger partial charge in [0.2, 0.25) is 5.91 Å². The molecule has 0 fully saturated rings. The second-order valence-electron chi connectivity index (χ2n) is 2.62. The number of halogens is 1. The molecule has 0 saturated heterocycles. The second-order valence-corrected chi connectivity index (χ2v) is 3.54. The lowest BCUT2D eigenvalue weighted by molar-refractivity contribution is -0.116. The van der Waals surface area contributed by atoms with Gasteiger partial charge in [0.25, 0.3) is 0 Å². The van der Waals surface area contributed by atoms with E-state index in [1.165, 1.54) is 0 Å². The van der Waals surface area contributed by atoms with Gasteiger partial charge in [-0.3, -0.25) is 4.79 Å². The SMILES string of the molecule is N#Cc1ccc(Br)cc1NCC(N)=O. The van der Waals surface area contributed by atoms with Crippen LogP contribution in [0.15, 0.2) is 22.7 Å². The van der Waals surface area contributed by atoms with Gasteiger partial charge in [-0.2, -0.15) is 5.26 Å². The van der Waals surface area contributed by atoms with E-state index >= 15 is 0 Å². The van der Waals surface area contributed by atoms with Crippen molar-refractivity contribution in [3.05, 3.63) is 28.2 Å². The molecule has 0 spiro atoms. The highest BCUT2D eigenvalue weighted by Gasteiger charge is 2.02. The van der Waals surface area contributed by atoms with Gasteiger partial charge >= 0.3 is 0 Å². The van der Waals surface area contributed by atoms with E-state index < -0.39 is 5.91 Å². The Kier molecular flexibility index (Phi) is 3.48. The number of nitrogens with one attached hydrogen (secondary N) is 1. The van der Waals surface area contributed by atoms with Gasteiger partial charge in [0, 0.05) is 4.47 Å². The summed E-state index contributed by atoms with van der Waals surface area (Å²) in [5.41, 5.74) is 6.05. The summed E-state index contributed by atoms with van der Waals surface area (Å²) < 4.78 is 0.837. The number of carbonyl (C=O) groups excluding carboxylic acids is 1. The van der Waals surface area contributed by atoms with Crippen molar-refractivity contribution in [1.29, 1.82) is 5.26 Å². The molecule has 5 heteroatoms. The number of benzene rings is 1. The average molecular weight is 254 g/mol. The van der Waals surface area contributed by atoms with Gasteiger partial charge in [-0.05, 0) is 18.2 Å². The van der Waals surface area contributed by atoms with Gasteiger partial charge < -0.3 is 11.1 Å². The summed E-state index contributed by atoms with van der Waals surface area (Å²) in [5.74, 6) is -0.464. The van der Waals surface area contributed by atoms with Crippen molar-refractivity contribution < 1.29 is 4.79 Å². The van der Waals surface area contributed by atoms with Crippen LogP contribution in [0.3, 0.4) is 0 Å². The van der Waals surface area contributed by atoms with Crippen molar-refractivity contribution in [3.8, 4) is 6.07 Å². The summed E-state index contributed by atoms with van der Waals surface area (Å²) in [7, 11) is 0. The van der Waals surface area contributed by atoms with Crippen molar-refractivity contribution in [2.75, 3.05) is 11.9 Å². The van der Waals surface area contributed by atoms with Crippen LogP contribution >= 0.6 is 15.9 Å². The van der Waals surface area contributed by atoms with Crippen LogP contribution in [0, 0.1) is 11.3 Å². The molecule has 3 N–H and O–H groups in total. The maximum atomic E-state index is 10.5. The smallest absolute Gasteiger partial charge is 0.236 e. The average Bonchev–Trinajstić information content (AvgIpc) is 2.15. The molecule has 0 bridgehead atoms. The normalized spacial score (nSPS) is 9.14. The third-order valence-electron chi connectivity index (χ3n) is 1.56.